The highest BCUT2D eigenvalue weighted by Gasteiger charge is 2.49. The summed E-state index contributed by atoms with van der Waals surface area (Å²) < 4.78 is 13.9. The van der Waals surface area contributed by atoms with Gasteiger partial charge in [-0.3, -0.25) is 9.88 Å². The molecule has 0 aliphatic carbocycles. The quantitative estimate of drug-likeness (QED) is 0.818. The van der Waals surface area contributed by atoms with E-state index in [0.717, 1.165) is 36.5 Å². The summed E-state index contributed by atoms with van der Waals surface area (Å²) >= 11 is 0. The Morgan fingerprint density at radius 1 is 1.21 bits per heavy atom. The summed E-state index contributed by atoms with van der Waals surface area (Å²) in [5, 5.41) is 0. The maximum atomic E-state index is 13.9. The van der Waals surface area contributed by atoms with E-state index in [1.165, 1.54) is 6.07 Å². The molecular formula is C22H27FN4O. The van der Waals surface area contributed by atoms with Gasteiger partial charge in [0, 0.05) is 52.4 Å². The third kappa shape index (κ3) is 3.61. The number of urea groups is 1. The van der Waals surface area contributed by atoms with Crippen LogP contribution in [-0.4, -0.2) is 59.4 Å². The second kappa shape index (κ2) is 7.51. The first kappa shape index (κ1) is 18.9. The fourth-order valence-electron chi connectivity index (χ4n) is 4.66. The normalized spacial score (nSPS) is 24.4. The number of rotatable bonds is 3. The Morgan fingerprint density at radius 3 is 2.71 bits per heavy atom. The van der Waals surface area contributed by atoms with Crippen molar-refractivity contribution in [3.63, 3.8) is 0 Å². The first-order chi connectivity index (χ1) is 13.4. The highest BCUT2D eigenvalue weighted by atomic mass is 19.1. The molecule has 0 N–H and O–H groups in total. The molecule has 0 bridgehead atoms. The predicted octanol–water partition coefficient (Wildman–Crippen LogP) is 3.32. The van der Waals surface area contributed by atoms with Gasteiger partial charge in [0.25, 0.3) is 0 Å². The third-order valence-electron chi connectivity index (χ3n) is 5.92. The lowest BCUT2D eigenvalue weighted by atomic mass is 9.89. The van der Waals surface area contributed by atoms with Gasteiger partial charge in [0.2, 0.25) is 0 Å². The molecule has 3 atom stereocenters. The molecule has 1 aromatic heterocycles. The summed E-state index contributed by atoms with van der Waals surface area (Å²) in [4.78, 5) is 23.3. The molecule has 2 fully saturated rings. The molecule has 4 rings (SSSR count). The molecule has 2 amide bonds. The maximum Gasteiger partial charge on any atom is 0.320 e. The summed E-state index contributed by atoms with van der Waals surface area (Å²) in [6, 6.07) is 10.8. The minimum atomic E-state index is -0.253. The van der Waals surface area contributed by atoms with E-state index < -0.39 is 0 Å². The number of halogens is 1. The Bertz CT molecular complexity index is 854. The summed E-state index contributed by atoms with van der Waals surface area (Å²) in [5.74, 6) is 0.440. The van der Waals surface area contributed by atoms with Crippen LogP contribution in [0.5, 0.6) is 0 Å². The molecule has 0 spiro atoms. The molecule has 2 aromatic rings. The van der Waals surface area contributed by atoms with Crippen LogP contribution in [0.15, 0.2) is 42.6 Å². The van der Waals surface area contributed by atoms with Crippen LogP contribution in [0.4, 0.5) is 9.18 Å². The SMILES string of the molecule is Cc1ccc(CN2C[C@@H]3CN(C(=O)N(C)C)[C@H](c4cccc(F)c4)[C@@H]3C2)nc1. The Hall–Kier alpha value is -2.47. The van der Waals surface area contributed by atoms with Crippen molar-refractivity contribution >= 4 is 6.03 Å². The lowest BCUT2D eigenvalue weighted by Gasteiger charge is -2.31. The highest BCUT2D eigenvalue weighted by Crippen LogP contribution is 2.45. The zero-order chi connectivity index (χ0) is 19.8. The third-order valence-corrected chi connectivity index (χ3v) is 5.92. The number of hydrogen-bond acceptors (Lipinski definition) is 3. The van der Waals surface area contributed by atoms with E-state index in [1.807, 2.05) is 24.1 Å². The van der Waals surface area contributed by atoms with E-state index in [-0.39, 0.29) is 17.9 Å². The molecule has 1 aromatic carbocycles. The van der Waals surface area contributed by atoms with Gasteiger partial charge >= 0.3 is 6.03 Å². The average molecular weight is 382 g/mol. The largest absolute Gasteiger partial charge is 0.331 e. The van der Waals surface area contributed by atoms with Crippen molar-refractivity contribution in [2.24, 2.45) is 11.8 Å². The Labute approximate surface area is 165 Å². The number of amides is 2. The van der Waals surface area contributed by atoms with E-state index in [4.69, 9.17) is 0 Å². The van der Waals surface area contributed by atoms with E-state index >= 15 is 0 Å². The van der Waals surface area contributed by atoms with Gasteiger partial charge in [-0.2, -0.15) is 0 Å². The van der Waals surface area contributed by atoms with Crippen LogP contribution in [0, 0.1) is 24.6 Å². The fourth-order valence-corrected chi connectivity index (χ4v) is 4.66. The molecule has 5 nitrogen and oxygen atoms in total. The predicted molar refractivity (Wildman–Crippen MR) is 106 cm³/mol. The number of carbonyl (C=O) groups is 1. The van der Waals surface area contributed by atoms with Gasteiger partial charge < -0.3 is 9.80 Å². The molecule has 28 heavy (non-hydrogen) atoms. The molecule has 148 valence electrons. The Balaban J connectivity index is 1.56. The van der Waals surface area contributed by atoms with Gasteiger partial charge in [-0.15, -0.1) is 0 Å². The van der Waals surface area contributed by atoms with Crippen molar-refractivity contribution in [3.8, 4) is 0 Å². The molecule has 0 saturated carbocycles. The number of hydrogen-bond donors (Lipinski definition) is 0. The first-order valence-electron chi connectivity index (χ1n) is 9.79. The molecule has 2 aliphatic rings. The summed E-state index contributed by atoms with van der Waals surface area (Å²) in [7, 11) is 3.54. The molecule has 3 heterocycles. The average Bonchev–Trinajstić information content (AvgIpc) is 3.19. The lowest BCUT2D eigenvalue weighted by Crippen LogP contribution is -2.41. The summed E-state index contributed by atoms with van der Waals surface area (Å²) in [6.07, 6.45) is 1.90. The number of aromatic nitrogens is 1. The monoisotopic (exact) mass is 382 g/mol. The van der Waals surface area contributed by atoms with Gasteiger partial charge in [0.15, 0.2) is 0 Å². The van der Waals surface area contributed by atoms with Crippen LogP contribution in [0.3, 0.4) is 0 Å². The number of likely N-dealkylation sites (tertiary alicyclic amines) is 2. The second-order valence-electron chi connectivity index (χ2n) is 8.27. The molecule has 0 unspecified atom stereocenters. The zero-order valence-electron chi connectivity index (χ0n) is 16.7. The van der Waals surface area contributed by atoms with Gasteiger partial charge in [0.05, 0.1) is 11.7 Å². The van der Waals surface area contributed by atoms with Crippen LogP contribution < -0.4 is 0 Å². The Kier molecular flexibility index (Phi) is 5.06. The number of aryl methyl sites for hydroxylation is 1. The highest BCUT2D eigenvalue weighted by molar-refractivity contribution is 5.75. The van der Waals surface area contributed by atoms with Gasteiger partial charge in [-0.1, -0.05) is 18.2 Å². The molecule has 6 heteroatoms. The zero-order valence-corrected chi connectivity index (χ0v) is 16.7. The fraction of sp³-hybridized carbons (Fsp3) is 0.455. The number of benzene rings is 1. The van der Waals surface area contributed by atoms with Crippen LogP contribution in [0.2, 0.25) is 0 Å². The van der Waals surface area contributed by atoms with E-state index in [0.29, 0.717) is 18.4 Å². The van der Waals surface area contributed by atoms with Crippen molar-refractivity contribution in [2.45, 2.75) is 19.5 Å². The second-order valence-corrected chi connectivity index (χ2v) is 8.27. The number of carbonyl (C=O) groups excluding carboxylic acids is 1. The lowest BCUT2D eigenvalue weighted by molar-refractivity contribution is 0.151. The smallest absolute Gasteiger partial charge is 0.320 e. The minimum Gasteiger partial charge on any atom is -0.331 e. The van der Waals surface area contributed by atoms with E-state index in [1.54, 1.807) is 31.1 Å². The van der Waals surface area contributed by atoms with Crippen LogP contribution in [-0.2, 0) is 6.54 Å². The topological polar surface area (TPSA) is 39.7 Å². The minimum absolute atomic E-state index is 0.00425. The molecular weight excluding hydrogens is 355 g/mol. The van der Waals surface area contributed by atoms with Crippen molar-refractivity contribution in [3.05, 3.63) is 65.2 Å². The van der Waals surface area contributed by atoms with Gasteiger partial charge in [0.1, 0.15) is 5.82 Å². The van der Waals surface area contributed by atoms with Crippen LogP contribution in [0.25, 0.3) is 0 Å². The number of pyridine rings is 1. The van der Waals surface area contributed by atoms with Gasteiger partial charge in [-0.25, -0.2) is 9.18 Å². The van der Waals surface area contributed by atoms with Crippen molar-refractivity contribution in [1.82, 2.24) is 19.7 Å². The van der Waals surface area contributed by atoms with E-state index in [2.05, 4.69) is 22.0 Å². The van der Waals surface area contributed by atoms with Crippen LogP contribution >= 0.6 is 0 Å². The maximum absolute atomic E-state index is 13.9. The standard InChI is InChI=1S/C22H27FN4O/c1-15-7-8-19(24-10-15)13-26-11-17-12-27(22(28)25(2)3)21(20(17)14-26)16-5-4-6-18(23)9-16/h4-10,17,20-21H,11-14H2,1-3H3/t17-,20-,21-/m1/s1. The van der Waals surface area contributed by atoms with Crippen LogP contribution in [0.1, 0.15) is 22.9 Å². The summed E-state index contributed by atoms with van der Waals surface area (Å²) in [5.41, 5.74) is 3.11. The van der Waals surface area contributed by atoms with Crippen molar-refractivity contribution in [2.75, 3.05) is 33.7 Å². The van der Waals surface area contributed by atoms with Crippen molar-refractivity contribution < 1.29 is 9.18 Å². The van der Waals surface area contributed by atoms with Crippen molar-refractivity contribution in [1.29, 1.82) is 0 Å². The van der Waals surface area contributed by atoms with Gasteiger partial charge in [-0.05, 0) is 42.2 Å². The Morgan fingerprint density at radius 2 is 2.04 bits per heavy atom. The molecule has 2 saturated heterocycles. The number of nitrogens with zero attached hydrogens (tertiary/aromatic N) is 4. The first-order valence-corrected chi connectivity index (χ1v) is 9.79. The summed E-state index contributed by atoms with van der Waals surface area (Å²) in [6.45, 7) is 5.38. The molecule has 2 aliphatic heterocycles. The molecule has 0 radical (unpaired) electrons. The number of fused-ring (bicyclic) bond motifs is 1. The van der Waals surface area contributed by atoms with E-state index in [9.17, 15) is 9.18 Å².